The molecule has 0 radical (unpaired) electrons. The van der Waals surface area contributed by atoms with Gasteiger partial charge in [0.25, 0.3) is 5.19 Å². The highest BCUT2D eigenvalue weighted by Crippen LogP contribution is 2.60. The highest BCUT2D eigenvalue weighted by atomic mass is 32.1. The number of thiazole rings is 1. The van der Waals surface area contributed by atoms with E-state index in [1.165, 1.54) is 42.6 Å². The average Bonchev–Trinajstić information content (AvgIpc) is 3.10. The Balaban J connectivity index is 1.31. The van der Waals surface area contributed by atoms with Crippen LogP contribution in [0.4, 0.5) is 0 Å². The molecule has 27 heavy (non-hydrogen) atoms. The zero-order chi connectivity index (χ0) is 18.9. The lowest BCUT2D eigenvalue weighted by Gasteiger charge is -2.04. The molecule has 2 aliphatic rings. The summed E-state index contributed by atoms with van der Waals surface area (Å²) in [4.78, 5) is 17.7. The van der Waals surface area contributed by atoms with Crippen LogP contribution < -0.4 is 4.74 Å². The van der Waals surface area contributed by atoms with Gasteiger partial charge in [-0.1, -0.05) is 55.0 Å². The summed E-state index contributed by atoms with van der Waals surface area (Å²) in [6, 6.07) is 9.54. The van der Waals surface area contributed by atoms with Crippen LogP contribution in [-0.4, -0.2) is 11.0 Å². The molecule has 2 aromatic rings. The van der Waals surface area contributed by atoms with Crippen molar-refractivity contribution >= 4 is 17.3 Å². The molecule has 142 valence electrons. The molecule has 0 spiro atoms. The number of hydrogen-bond donors (Lipinski definition) is 0. The molecule has 0 unspecified atom stereocenters. The van der Waals surface area contributed by atoms with E-state index in [-0.39, 0.29) is 23.9 Å². The molecular formula is C22H25NO3S. The molecule has 4 nitrogen and oxygen atoms in total. The van der Waals surface area contributed by atoms with Crippen molar-refractivity contribution in [3.8, 4) is 10.9 Å². The fourth-order valence-electron chi connectivity index (χ4n) is 3.91. The van der Waals surface area contributed by atoms with Gasteiger partial charge >= 0.3 is 5.97 Å². The van der Waals surface area contributed by atoms with E-state index in [0.717, 1.165) is 10.6 Å². The van der Waals surface area contributed by atoms with Gasteiger partial charge in [0.05, 0.1) is 10.8 Å². The maximum atomic E-state index is 12.6. The quantitative estimate of drug-likeness (QED) is 0.471. The molecule has 0 amide bonds. The lowest BCUT2D eigenvalue weighted by Crippen LogP contribution is -2.10. The third kappa shape index (κ3) is 4.08. The first-order valence-corrected chi connectivity index (χ1v) is 10.4. The number of aromatic nitrogens is 1. The Bertz CT molecular complexity index is 832. The summed E-state index contributed by atoms with van der Waals surface area (Å²) in [7, 11) is 0. The monoisotopic (exact) mass is 383 g/mol. The predicted molar refractivity (Wildman–Crippen MR) is 106 cm³/mol. The highest BCUT2D eigenvalue weighted by molar-refractivity contribution is 7.13. The molecule has 1 aromatic carbocycles. The minimum atomic E-state index is -0.0984. The molecular weight excluding hydrogens is 358 g/mol. The molecule has 0 N–H and O–H groups in total. The van der Waals surface area contributed by atoms with Crippen molar-refractivity contribution in [1.82, 2.24) is 4.98 Å². The van der Waals surface area contributed by atoms with E-state index in [0.29, 0.717) is 11.1 Å². The van der Waals surface area contributed by atoms with Gasteiger partial charge in [0.2, 0.25) is 0 Å². The third-order valence-corrected chi connectivity index (χ3v) is 6.51. The van der Waals surface area contributed by atoms with Crippen LogP contribution in [0.5, 0.6) is 10.9 Å². The zero-order valence-corrected chi connectivity index (χ0v) is 16.6. The van der Waals surface area contributed by atoms with Crippen molar-refractivity contribution in [3.63, 3.8) is 0 Å². The Morgan fingerprint density at radius 2 is 2.00 bits per heavy atom. The van der Waals surface area contributed by atoms with E-state index in [9.17, 15) is 4.79 Å². The van der Waals surface area contributed by atoms with E-state index in [1.807, 2.05) is 30.3 Å². The van der Waals surface area contributed by atoms with Gasteiger partial charge in [-0.05, 0) is 49.1 Å². The number of allylic oxidation sites excluding steroid dienone is 2. The number of ether oxygens (including phenoxy) is 2. The molecule has 1 heterocycles. The van der Waals surface area contributed by atoms with Crippen LogP contribution in [-0.2, 0) is 16.1 Å². The lowest BCUT2D eigenvalue weighted by molar-refractivity contribution is -0.147. The van der Waals surface area contributed by atoms with Gasteiger partial charge < -0.3 is 9.47 Å². The standard InChI is InChI=1S/C22H25NO3S/c1-22(2)18(12-15-8-6-7-9-15)19(22)20(24)25-14-17-13-23-21(27-17)26-16-10-4-3-5-11-16/h3-5,10-13,18-19H,6-9,14H2,1-2H3/t18-,19-/m0/s1. The van der Waals surface area contributed by atoms with Crippen molar-refractivity contribution in [1.29, 1.82) is 0 Å². The Morgan fingerprint density at radius 3 is 2.74 bits per heavy atom. The Labute approximate surface area is 164 Å². The van der Waals surface area contributed by atoms with Crippen LogP contribution in [0, 0.1) is 17.3 Å². The van der Waals surface area contributed by atoms with E-state index >= 15 is 0 Å². The molecule has 5 heteroatoms. The minimum Gasteiger partial charge on any atom is -0.460 e. The number of rotatable bonds is 6. The van der Waals surface area contributed by atoms with Crippen molar-refractivity contribution in [2.45, 2.75) is 46.1 Å². The van der Waals surface area contributed by atoms with Gasteiger partial charge in [-0.2, -0.15) is 0 Å². The van der Waals surface area contributed by atoms with E-state index in [2.05, 4.69) is 24.9 Å². The molecule has 0 bridgehead atoms. The predicted octanol–water partition coefficient (Wildman–Crippen LogP) is 5.75. The maximum Gasteiger partial charge on any atom is 0.310 e. The van der Waals surface area contributed by atoms with Gasteiger partial charge in [-0.15, -0.1) is 0 Å². The first kappa shape index (κ1) is 18.2. The number of nitrogens with zero attached hydrogens (tertiary/aromatic N) is 1. The zero-order valence-electron chi connectivity index (χ0n) is 15.8. The molecule has 0 aliphatic heterocycles. The number of carbonyl (C=O) groups excluding carboxylic acids is 1. The lowest BCUT2D eigenvalue weighted by atomic mass is 10.1. The Hall–Kier alpha value is -2.14. The van der Waals surface area contributed by atoms with Gasteiger partial charge in [0.1, 0.15) is 12.4 Å². The fourth-order valence-corrected chi connectivity index (χ4v) is 4.60. The maximum absolute atomic E-state index is 12.6. The molecule has 1 aromatic heterocycles. The van der Waals surface area contributed by atoms with Gasteiger partial charge in [-0.25, -0.2) is 4.98 Å². The Morgan fingerprint density at radius 1 is 1.26 bits per heavy atom. The molecule has 4 rings (SSSR count). The first-order valence-electron chi connectivity index (χ1n) is 9.58. The summed E-state index contributed by atoms with van der Waals surface area (Å²) in [5, 5.41) is 0.558. The fraction of sp³-hybridized carbons (Fsp3) is 0.455. The second kappa shape index (κ2) is 7.47. The minimum absolute atomic E-state index is 0.00194. The summed E-state index contributed by atoms with van der Waals surface area (Å²) in [5.74, 6) is 0.937. The molecule has 2 atom stereocenters. The van der Waals surface area contributed by atoms with Crippen molar-refractivity contribution in [2.24, 2.45) is 17.3 Å². The van der Waals surface area contributed by atoms with Gasteiger partial charge in [-0.3, -0.25) is 4.79 Å². The Kier molecular flexibility index (Phi) is 5.04. The smallest absolute Gasteiger partial charge is 0.310 e. The number of para-hydroxylation sites is 1. The first-order chi connectivity index (χ1) is 13.0. The summed E-state index contributed by atoms with van der Waals surface area (Å²) >= 11 is 1.41. The van der Waals surface area contributed by atoms with Gasteiger partial charge in [0, 0.05) is 6.20 Å². The van der Waals surface area contributed by atoms with Crippen LogP contribution in [0.2, 0.25) is 0 Å². The van der Waals surface area contributed by atoms with Crippen LogP contribution in [0.3, 0.4) is 0 Å². The largest absolute Gasteiger partial charge is 0.460 e. The highest BCUT2D eigenvalue weighted by Gasteiger charge is 2.61. The summed E-state index contributed by atoms with van der Waals surface area (Å²) in [6.45, 7) is 4.58. The second-order valence-corrected chi connectivity index (χ2v) is 9.05. The van der Waals surface area contributed by atoms with E-state index < -0.39 is 0 Å². The van der Waals surface area contributed by atoms with Crippen LogP contribution >= 0.6 is 11.3 Å². The van der Waals surface area contributed by atoms with Gasteiger partial charge in [0.15, 0.2) is 0 Å². The molecule has 2 fully saturated rings. The van der Waals surface area contributed by atoms with Crippen LogP contribution in [0.1, 0.15) is 44.4 Å². The normalized spacial score (nSPS) is 23.1. The topological polar surface area (TPSA) is 48.4 Å². The van der Waals surface area contributed by atoms with E-state index in [1.54, 1.807) is 6.20 Å². The molecule has 2 saturated carbocycles. The summed E-state index contributed by atoms with van der Waals surface area (Å²) in [6.07, 6.45) is 9.02. The number of carbonyl (C=O) groups is 1. The van der Waals surface area contributed by atoms with Crippen molar-refractivity contribution in [2.75, 3.05) is 0 Å². The van der Waals surface area contributed by atoms with Crippen LogP contribution in [0.25, 0.3) is 0 Å². The average molecular weight is 384 g/mol. The van der Waals surface area contributed by atoms with Crippen molar-refractivity contribution in [3.05, 3.63) is 53.1 Å². The van der Waals surface area contributed by atoms with E-state index in [4.69, 9.17) is 9.47 Å². The second-order valence-electron chi connectivity index (χ2n) is 7.97. The number of hydrogen-bond acceptors (Lipinski definition) is 5. The molecule has 0 saturated heterocycles. The third-order valence-electron chi connectivity index (χ3n) is 5.66. The summed E-state index contributed by atoms with van der Waals surface area (Å²) in [5.41, 5.74) is 1.52. The molecule has 2 aliphatic carbocycles. The van der Waals surface area contributed by atoms with Crippen LogP contribution in [0.15, 0.2) is 48.2 Å². The summed E-state index contributed by atoms with van der Waals surface area (Å²) < 4.78 is 11.3. The SMILES string of the molecule is CC1(C)[C@H](C(=O)OCc2cnc(Oc3ccccc3)s2)[C@@H]1C=C1CCCC1. The van der Waals surface area contributed by atoms with Crippen molar-refractivity contribution < 1.29 is 14.3 Å². The number of esters is 1. The number of benzene rings is 1.